The van der Waals surface area contributed by atoms with Gasteiger partial charge in [-0.15, -0.1) is 0 Å². The molecule has 0 unspecified atom stereocenters. The third kappa shape index (κ3) is 20.9. The molecule has 1 fully saturated rings. The Balaban J connectivity index is 1.12. The smallest absolute Gasteiger partial charge is 0.305 e. The van der Waals surface area contributed by atoms with Crippen LogP contribution in [-0.2, 0) is 78.7 Å². The zero-order valence-electron chi connectivity index (χ0n) is 53.8. The molecule has 96 heavy (non-hydrogen) atoms. The highest BCUT2D eigenvalue weighted by Gasteiger charge is 2.48. The Hall–Kier alpha value is -9.22. The Kier molecular flexibility index (Phi) is 26.9. The highest BCUT2D eigenvalue weighted by atomic mass is 32.2. The molecule has 0 spiro atoms. The average molecular weight is 1360 g/mol. The number of fused-ring (bicyclic) bond motifs is 4. The molecule has 2 aromatic heterocycles. The van der Waals surface area contributed by atoms with E-state index in [0.717, 1.165) is 11.1 Å². The largest absolute Gasteiger partial charge is 0.497 e. The number of unbranched alkanes of at least 4 members (excludes halogenated alkanes) is 1. The van der Waals surface area contributed by atoms with Gasteiger partial charge in [0.15, 0.2) is 0 Å². The summed E-state index contributed by atoms with van der Waals surface area (Å²) < 4.78 is 20.3. The zero-order valence-corrected chi connectivity index (χ0v) is 55.4. The van der Waals surface area contributed by atoms with Crippen LogP contribution in [0.15, 0.2) is 107 Å². The van der Waals surface area contributed by atoms with Crippen molar-refractivity contribution >= 4 is 106 Å². The molecule has 26 nitrogen and oxygen atoms in total. The number of ether oxygens (including phenoxy) is 1. The third-order valence-electron chi connectivity index (χ3n) is 16.8. The van der Waals surface area contributed by atoms with E-state index >= 15 is 4.79 Å². The highest BCUT2D eigenvalue weighted by Crippen LogP contribution is 2.31. The molecular formula is C67H83FN14O12S2. The molecule has 0 radical (unpaired) electrons. The topological polar surface area (TPSA) is 379 Å². The van der Waals surface area contributed by atoms with Crippen molar-refractivity contribution in [2.24, 2.45) is 15.7 Å². The quantitative estimate of drug-likeness (QED) is 0.0671. The number of aromatic nitrogens is 2. The number of carbonyl (C=O) groups is 10. The fourth-order valence-electron chi connectivity index (χ4n) is 11.5. The Labute approximate surface area is 563 Å². The summed E-state index contributed by atoms with van der Waals surface area (Å²) in [6.45, 7) is 3.88. The molecule has 1 saturated heterocycles. The molecule has 5 heterocycles. The number of benzene rings is 3. The van der Waals surface area contributed by atoms with Crippen molar-refractivity contribution in [1.82, 2.24) is 57.4 Å². The van der Waals surface area contributed by atoms with Crippen LogP contribution in [0.3, 0.4) is 0 Å². The Morgan fingerprint density at radius 1 is 0.729 bits per heavy atom. The Morgan fingerprint density at radius 3 is 2.06 bits per heavy atom. The predicted octanol–water partition coefficient (Wildman–Crippen LogP) is 2.70. The van der Waals surface area contributed by atoms with E-state index < -0.39 is 114 Å². The monoisotopic (exact) mass is 1360 g/mol. The molecule has 2 bridgehead atoms. The van der Waals surface area contributed by atoms with Crippen molar-refractivity contribution in [1.29, 1.82) is 0 Å². The first-order chi connectivity index (χ1) is 46.2. The summed E-state index contributed by atoms with van der Waals surface area (Å²) in [5, 5.41) is 32.4. The van der Waals surface area contributed by atoms with E-state index in [9.17, 15) is 52.6 Å². The molecule has 0 saturated carbocycles. The minimum Gasteiger partial charge on any atom is -0.497 e. The Bertz CT molecular complexity index is 3650. The summed E-state index contributed by atoms with van der Waals surface area (Å²) in [5.74, 6) is -6.50. The predicted molar refractivity (Wildman–Crippen MR) is 362 cm³/mol. The molecular weight excluding hydrogens is 1280 g/mol. The number of pyridine rings is 1. The van der Waals surface area contributed by atoms with Crippen LogP contribution in [0.1, 0.15) is 93.0 Å². The standard InChI is InChI=1S/C67H83FN14O12S2/c1-40-59(86)77-52(29-42-11-7-22-70-34-42)61(88)78-53(30-45-35-73-50-18-15-46(68)31-49(45)50)62(89)80-55(33-58(84)85)64(91)79-54(32-47-36-71-39-74-47)63(90)81-56(28-41-13-16-48(94-3)17-14-41)65(92)82-24-8-20-67(82,2)66(93)72-23-26-96-38-44-10-6-9-43(27-44)37-95-25-19-57(83)76-51(60(87)75-40)12-4-5-21-69/h6-7,9-11,13-18,22,27,31,34-35,39-40,51-56,73H,4-5,8,12,19-21,23-26,28-30,32-33,36-38,69H2,1-3H3,(H,72,93)(H,75,87)(H,76,83)(H,77,86)(H,78,88)(H,79,91)(H,80,89)(H,81,90)(H,84,85)/t40-,51+,52+,53+,54+,55+,56+,67+/m1/s1. The van der Waals surface area contributed by atoms with Gasteiger partial charge in [0, 0.05) is 103 Å². The number of nitrogens with two attached hydrogens (primary N) is 1. The van der Waals surface area contributed by atoms with Gasteiger partial charge in [0.1, 0.15) is 65.7 Å². The highest BCUT2D eigenvalue weighted by molar-refractivity contribution is 7.98. The van der Waals surface area contributed by atoms with E-state index in [-0.39, 0.29) is 63.6 Å². The molecule has 3 aromatic carbocycles. The number of carboxylic acid groups (broad SMARTS) is 1. The van der Waals surface area contributed by atoms with Crippen molar-refractivity contribution in [3.8, 4) is 5.75 Å². The summed E-state index contributed by atoms with van der Waals surface area (Å²) in [6, 6.07) is 11.5. The number of carbonyl (C=O) groups excluding carboxylic acids is 9. The fraction of sp³-hybridized carbons (Fsp3) is 0.448. The van der Waals surface area contributed by atoms with Gasteiger partial charge >= 0.3 is 5.97 Å². The maximum absolute atomic E-state index is 15.1. The molecule has 29 heteroatoms. The average Bonchev–Trinajstić information content (AvgIpc) is 1.59. The number of amides is 9. The number of hydrogen-bond acceptors (Lipinski definition) is 17. The number of carboxylic acids is 1. The molecule has 8 atom stereocenters. The number of H-pyrrole nitrogens is 1. The lowest BCUT2D eigenvalue weighted by Crippen LogP contribution is -2.62. The fourth-order valence-corrected chi connectivity index (χ4v) is 13.2. The van der Waals surface area contributed by atoms with Gasteiger partial charge in [-0.25, -0.2) is 9.38 Å². The molecule has 512 valence electrons. The van der Waals surface area contributed by atoms with E-state index in [2.05, 4.69) is 68.6 Å². The minimum atomic E-state index is -1.96. The number of methoxy groups -OCH3 is 1. The van der Waals surface area contributed by atoms with Crippen LogP contribution in [0.5, 0.6) is 5.75 Å². The van der Waals surface area contributed by atoms with Gasteiger partial charge in [-0.2, -0.15) is 23.5 Å². The first kappa shape index (κ1) is 72.6. The van der Waals surface area contributed by atoms with Crippen LogP contribution in [0.2, 0.25) is 0 Å². The maximum Gasteiger partial charge on any atom is 0.305 e. The number of aliphatic carboxylic acids is 1. The summed E-state index contributed by atoms with van der Waals surface area (Å²) in [7, 11) is 1.50. The van der Waals surface area contributed by atoms with Crippen LogP contribution in [-0.4, -0.2) is 184 Å². The number of nitrogens with one attached hydrogen (secondary N) is 9. The van der Waals surface area contributed by atoms with Crippen molar-refractivity contribution in [3.05, 3.63) is 131 Å². The summed E-state index contributed by atoms with van der Waals surface area (Å²) in [6.07, 6.45) is 5.70. The second-order valence-corrected chi connectivity index (χ2v) is 26.2. The summed E-state index contributed by atoms with van der Waals surface area (Å²) in [5.41, 5.74) is 8.67. The first-order valence-electron chi connectivity index (χ1n) is 31.9. The van der Waals surface area contributed by atoms with Crippen molar-refractivity contribution < 1.29 is 62.2 Å². The minimum absolute atomic E-state index is 0.0277. The van der Waals surface area contributed by atoms with Crippen LogP contribution < -0.4 is 53.0 Å². The molecule has 12 N–H and O–H groups in total. The second kappa shape index (κ2) is 35.5. The van der Waals surface area contributed by atoms with E-state index in [4.69, 9.17) is 10.5 Å². The van der Waals surface area contributed by atoms with Crippen LogP contribution in [0.25, 0.3) is 10.9 Å². The first-order valence-corrected chi connectivity index (χ1v) is 34.2. The molecule has 3 aliphatic heterocycles. The van der Waals surface area contributed by atoms with Gasteiger partial charge in [0.2, 0.25) is 53.2 Å². The van der Waals surface area contributed by atoms with Gasteiger partial charge in [-0.1, -0.05) is 42.5 Å². The van der Waals surface area contributed by atoms with Gasteiger partial charge < -0.3 is 68.0 Å². The van der Waals surface area contributed by atoms with Crippen molar-refractivity contribution in [2.75, 3.05) is 44.8 Å². The van der Waals surface area contributed by atoms with Gasteiger partial charge in [0.25, 0.3) is 0 Å². The molecule has 5 aromatic rings. The van der Waals surface area contributed by atoms with Crippen LogP contribution in [0, 0.1) is 5.82 Å². The van der Waals surface area contributed by atoms with Crippen LogP contribution in [0.4, 0.5) is 4.39 Å². The van der Waals surface area contributed by atoms with E-state index in [0.29, 0.717) is 94.3 Å². The van der Waals surface area contributed by atoms with E-state index in [1.54, 1.807) is 66.8 Å². The summed E-state index contributed by atoms with van der Waals surface area (Å²) in [4.78, 5) is 161. The van der Waals surface area contributed by atoms with Gasteiger partial charge in [-0.05, 0) is 117 Å². The lowest BCUT2D eigenvalue weighted by molar-refractivity contribution is -0.146. The van der Waals surface area contributed by atoms with E-state index in [1.165, 1.54) is 62.1 Å². The third-order valence-corrected chi connectivity index (χ3v) is 18.8. The molecule has 3 aliphatic rings. The number of aliphatic imine (C=N–C) groups is 2. The number of aromatic amines is 1. The maximum atomic E-state index is 15.1. The second-order valence-electron chi connectivity index (χ2n) is 24.0. The number of nitrogens with zero attached hydrogens (tertiary/aromatic N) is 4. The molecule has 8 rings (SSSR count). The number of thioether (sulfide) groups is 2. The number of halogens is 1. The summed E-state index contributed by atoms with van der Waals surface area (Å²) >= 11 is 3.15. The Morgan fingerprint density at radius 2 is 1.39 bits per heavy atom. The van der Waals surface area contributed by atoms with Crippen molar-refractivity contribution in [2.45, 2.75) is 144 Å². The SMILES string of the molecule is COc1ccc(C[C@@H]2NC(=O)[C@H](CC3=NC=NC3)NC(=O)[C@H](CC(=O)O)NC(=O)[C@H](Cc3c[nH]c4ccc(F)cc34)NC(=O)[C@H](Cc3cccnc3)NC(=O)[C@@H](C)NC(=O)[C@H](CCCCN)NC(=O)CCSCc3cccc(c3)CSCCNC(=O)[C@]3(C)CCCN3C2=O)cc1. The zero-order chi connectivity index (χ0) is 68.7. The van der Waals surface area contributed by atoms with Gasteiger partial charge in [-0.3, -0.25) is 57.9 Å². The lowest BCUT2D eigenvalue weighted by Gasteiger charge is -2.36. The normalized spacial score (nSPS) is 23.8. The number of hydrogen-bond donors (Lipinski definition) is 11. The van der Waals surface area contributed by atoms with Crippen molar-refractivity contribution in [3.63, 3.8) is 0 Å². The van der Waals surface area contributed by atoms with Crippen LogP contribution >= 0.6 is 23.5 Å². The number of rotatable bonds is 15. The molecule has 9 amide bonds. The van der Waals surface area contributed by atoms with E-state index in [1.807, 2.05) is 18.2 Å². The van der Waals surface area contributed by atoms with Gasteiger partial charge in [0.05, 0.1) is 20.1 Å². The lowest BCUT2D eigenvalue weighted by atomic mass is 9.95. The molecule has 0 aliphatic carbocycles.